The lowest BCUT2D eigenvalue weighted by molar-refractivity contribution is -0.0319. The van der Waals surface area contributed by atoms with Crippen molar-refractivity contribution >= 4 is 37.9 Å². The van der Waals surface area contributed by atoms with Crippen molar-refractivity contribution in [3.05, 3.63) is 16.7 Å². The summed E-state index contributed by atoms with van der Waals surface area (Å²) >= 11 is 7.40. The molecule has 0 aromatic carbocycles. The Hall–Kier alpha value is -0.670. The predicted molar refractivity (Wildman–Crippen MR) is 81.5 cm³/mol. The third kappa shape index (κ3) is 2.49. The Labute approximate surface area is 132 Å². The Balaban J connectivity index is 2.04. The van der Waals surface area contributed by atoms with Crippen LogP contribution >= 0.6 is 22.9 Å². The molecule has 0 N–H and O–H groups in total. The van der Waals surface area contributed by atoms with Crippen molar-refractivity contribution in [3.63, 3.8) is 0 Å². The van der Waals surface area contributed by atoms with Gasteiger partial charge in [-0.25, -0.2) is 13.4 Å². The highest BCUT2D eigenvalue weighted by Gasteiger charge is 2.39. The van der Waals surface area contributed by atoms with Crippen molar-refractivity contribution in [2.45, 2.75) is 30.4 Å². The summed E-state index contributed by atoms with van der Waals surface area (Å²) in [5.41, 5.74) is -0.462. The van der Waals surface area contributed by atoms with E-state index in [0.717, 1.165) is 12.8 Å². The first kappa shape index (κ1) is 15.2. The van der Waals surface area contributed by atoms with Crippen LogP contribution in [0.5, 0.6) is 0 Å². The number of rotatable bonds is 3. The second-order valence-electron chi connectivity index (χ2n) is 5.36. The minimum absolute atomic E-state index is 0.0199. The van der Waals surface area contributed by atoms with Gasteiger partial charge in [0, 0.05) is 31.8 Å². The summed E-state index contributed by atoms with van der Waals surface area (Å²) in [6.45, 7) is 2.71. The van der Waals surface area contributed by atoms with Gasteiger partial charge < -0.3 is 4.74 Å². The topological polar surface area (TPSA) is 63.9 Å². The number of methoxy groups -OCH3 is 1. The minimum atomic E-state index is -3.70. The number of ether oxygens (including phenoxy) is 1. The Morgan fingerprint density at radius 3 is 3.00 bits per heavy atom. The molecule has 9 heteroatoms. The van der Waals surface area contributed by atoms with Crippen LogP contribution in [0, 0.1) is 0 Å². The summed E-state index contributed by atoms with van der Waals surface area (Å²) < 4.78 is 34.3. The molecule has 1 unspecified atom stereocenters. The van der Waals surface area contributed by atoms with Crippen molar-refractivity contribution in [1.82, 2.24) is 13.7 Å². The van der Waals surface area contributed by atoms with Crippen LogP contribution in [0.1, 0.15) is 19.8 Å². The second-order valence-corrected chi connectivity index (χ2v) is 8.44. The molecule has 1 saturated heterocycles. The van der Waals surface area contributed by atoms with E-state index in [2.05, 4.69) is 4.98 Å². The van der Waals surface area contributed by atoms with Crippen LogP contribution in [0.25, 0.3) is 4.96 Å². The smallest absolute Gasteiger partial charge is 0.262 e. The molecule has 21 heavy (non-hydrogen) atoms. The fourth-order valence-electron chi connectivity index (χ4n) is 2.62. The van der Waals surface area contributed by atoms with Gasteiger partial charge in [-0.05, 0) is 19.8 Å². The molecule has 0 bridgehead atoms. The molecule has 0 spiro atoms. The van der Waals surface area contributed by atoms with Crippen molar-refractivity contribution in [2.75, 3.05) is 20.2 Å². The lowest BCUT2D eigenvalue weighted by Crippen LogP contribution is -2.49. The summed E-state index contributed by atoms with van der Waals surface area (Å²) in [7, 11) is -2.09. The van der Waals surface area contributed by atoms with E-state index in [1.54, 1.807) is 18.7 Å². The molecule has 1 fully saturated rings. The lowest BCUT2D eigenvalue weighted by Gasteiger charge is -2.38. The van der Waals surface area contributed by atoms with E-state index in [-0.39, 0.29) is 10.2 Å². The number of imidazole rings is 1. The average Bonchev–Trinajstić information content (AvgIpc) is 2.98. The number of thiazole rings is 1. The maximum atomic E-state index is 12.9. The van der Waals surface area contributed by atoms with E-state index >= 15 is 0 Å². The van der Waals surface area contributed by atoms with Gasteiger partial charge in [0.2, 0.25) is 0 Å². The fraction of sp³-hybridized carbons (Fsp3) is 0.583. The number of aromatic nitrogens is 2. The van der Waals surface area contributed by atoms with Crippen LogP contribution < -0.4 is 0 Å². The highest BCUT2D eigenvalue weighted by molar-refractivity contribution is 7.89. The Morgan fingerprint density at radius 2 is 2.29 bits per heavy atom. The summed E-state index contributed by atoms with van der Waals surface area (Å²) in [6, 6.07) is 0. The number of halogens is 1. The molecule has 3 heterocycles. The maximum absolute atomic E-state index is 12.9. The summed E-state index contributed by atoms with van der Waals surface area (Å²) in [6.07, 6.45) is 3.27. The van der Waals surface area contributed by atoms with Crippen molar-refractivity contribution in [1.29, 1.82) is 0 Å². The highest BCUT2D eigenvalue weighted by atomic mass is 35.5. The number of hydrogen-bond donors (Lipinski definition) is 0. The van der Waals surface area contributed by atoms with Gasteiger partial charge in [-0.15, -0.1) is 11.3 Å². The van der Waals surface area contributed by atoms with E-state index in [9.17, 15) is 8.42 Å². The van der Waals surface area contributed by atoms with Crippen molar-refractivity contribution in [3.8, 4) is 0 Å². The SMILES string of the molecule is COC1(C)CCCN(S(=O)(=O)c2c(Cl)nc3sccn23)C1. The van der Waals surface area contributed by atoms with Crippen LogP contribution in [0.4, 0.5) is 0 Å². The zero-order chi connectivity index (χ0) is 15.3. The van der Waals surface area contributed by atoms with Gasteiger partial charge in [0.25, 0.3) is 10.0 Å². The van der Waals surface area contributed by atoms with Crippen LogP contribution in [-0.4, -0.2) is 47.9 Å². The number of nitrogens with zero attached hydrogens (tertiary/aromatic N) is 3. The zero-order valence-electron chi connectivity index (χ0n) is 11.7. The first-order valence-electron chi connectivity index (χ1n) is 6.54. The largest absolute Gasteiger partial charge is 0.377 e. The van der Waals surface area contributed by atoms with E-state index in [4.69, 9.17) is 16.3 Å². The Kier molecular flexibility index (Phi) is 3.77. The van der Waals surface area contributed by atoms with Crippen molar-refractivity contribution in [2.24, 2.45) is 0 Å². The predicted octanol–water partition coefficient (Wildman–Crippen LogP) is 2.24. The molecule has 6 nitrogen and oxygen atoms in total. The van der Waals surface area contributed by atoms with E-state index in [0.29, 0.717) is 18.1 Å². The van der Waals surface area contributed by atoms with Gasteiger partial charge in [-0.2, -0.15) is 4.31 Å². The molecule has 3 rings (SSSR count). The van der Waals surface area contributed by atoms with Gasteiger partial charge in [0.05, 0.1) is 5.60 Å². The fourth-order valence-corrected chi connectivity index (χ4v) is 5.62. The maximum Gasteiger partial charge on any atom is 0.262 e. The Bertz CT molecular complexity index is 770. The van der Waals surface area contributed by atoms with Gasteiger partial charge >= 0.3 is 0 Å². The third-order valence-electron chi connectivity index (χ3n) is 3.88. The third-order valence-corrected chi connectivity index (χ3v) is 6.88. The summed E-state index contributed by atoms with van der Waals surface area (Å²) in [5, 5.41) is 1.85. The molecule has 0 aliphatic carbocycles. The first-order chi connectivity index (χ1) is 9.87. The molecule has 1 aliphatic heterocycles. The molecule has 2 aromatic heterocycles. The molecule has 1 aliphatic rings. The van der Waals surface area contributed by atoms with E-state index in [1.807, 2.05) is 6.92 Å². The van der Waals surface area contributed by atoms with Gasteiger partial charge in [0.1, 0.15) is 0 Å². The molecular formula is C12H16ClN3O3S2. The molecule has 116 valence electrons. The number of hydrogen-bond acceptors (Lipinski definition) is 5. The summed E-state index contributed by atoms with van der Waals surface area (Å²) in [4.78, 5) is 4.67. The van der Waals surface area contributed by atoms with E-state index < -0.39 is 15.6 Å². The Morgan fingerprint density at radius 1 is 1.52 bits per heavy atom. The lowest BCUT2D eigenvalue weighted by atomic mass is 9.96. The van der Waals surface area contributed by atoms with E-state index in [1.165, 1.54) is 20.0 Å². The molecule has 0 saturated carbocycles. The monoisotopic (exact) mass is 349 g/mol. The van der Waals surface area contributed by atoms with Gasteiger partial charge in [-0.1, -0.05) is 11.6 Å². The second kappa shape index (κ2) is 5.20. The average molecular weight is 350 g/mol. The van der Waals surface area contributed by atoms with Crippen LogP contribution in [0.3, 0.4) is 0 Å². The molecule has 1 atom stereocenters. The minimum Gasteiger partial charge on any atom is -0.377 e. The quantitative estimate of drug-likeness (QED) is 0.852. The first-order valence-corrected chi connectivity index (χ1v) is 9.23. The standard InChI is InChI=1S/C12H16ClN3O3S2/c1-12(19-2)4-3-5-15(8-12)21(17,18)10-9(13)14-11-16(10)6-7-20-11/h6-7H,3-5,8H2,1-2H3. The molecular weight excluding hydrogens is 334 g/mol. The highest BCUT2D eigenvalue weighted by Crippen LogP contribution is 2.32. The van der Waals surface area contributed by atoms with Crippen LogP contribution in [0.15, 0.2) is 16.6 Å². The molecule has 0 radical (unpaired) electrons. The number of sulfonamides is 1. The normalized spacial score (nSPS) is 24.7. The van der Waals surface area contributed by atoms with Crippen LogP contribution in [0.2, 0.25) is 5.15 Å². The molecule has 0 amide bonds. The van der Waals surface area contributed by atoms with Crippen LogP contribution in [-0.2, 0) is 14.8 Å². The zero-order valence-corrected chi connectivity index (χ0v) is 14.1. The summed E-state index contributed by atoms with van der Waals surface area (Å²) in [5.74, 6) is 0. The number of fused-ring (bicyclic) bond motifs is 1. The molecule has 2 aromatic rings. The van der Waals surface area contributed by atoms with Gasteiger partial charge in [-0.3, -0.25) is 4.40 Å². The number of piperidine rings is 1. The van der Waals surface area contributed by atoms with Crippen molar-refractivity contribution < 1.29 is 13.2 Å². The van der Waals surface area contributed by atoms with Gasteiger partial charge in [0.15, 0.2) is 15.1 Å².